The number of aromatic nitrogens is 1. The molecule has 0 aliphatic rings. The lowest BCUT2D eigenvalue weighted by Gasteiger charge is -2.01. The van der Waals surface area contributed by atoms with Gasteiger partial charge in [-0.05, 0) is 12.1 Å². The van der Waals surface area contributed by atoms with E-state index in [4.69, 9.17) is 5.11 Å². The molecule has 72 valence electrons. The minimum Gasteiger partial charge on any atom is -0.477 e. The van der Waals surface area contributed by atoms with Crippen LogP contribution in [0.2, 0.25) is 0 Å². The Labute approximate surface area is 86.4 Å². The van der Waals surface area contributed by atoms with Crippen LogP contribution in [-0.4, -0.2) is 15.6 Å². The van der Waals surface area contributed by atoms with Crippen LogP contribution in [-0.2, 0) is 7.05 Å². The second kappa shape index (κ2) is 3.06. The molecule has 0 aliphatic heterocycles. The summed E-state index contributed by atoms with van der Waals surface area (Å²) in [6, 6.07) is 7.23. The Balaban J connectivity index is 2.87. The summed E-state index contributed by atoms with van der Waals surface area (Å²) in [6.45, 7) is 0. The van der Waals surface area contributed by atoms with Gasteiger partial charge in [0.15, 0.2) is 0 Å². The Hall–Kier alpha value is -1.42. The molecule has 0 atom stereocenters. The molecule has 14 heavy (non-hydrogen) atoms. The first-order valence-electron chi connectivity index (χ1n) is 4.12. The smallest absolute Gasteiger partial charge is 0.352 e. The van der Waals surface area contributed by atoms with Gasteiger partial charge in [0, 0.05) is 17.3 Å². The Bertz CT molecular complexity index is 516. The lowest BCUT2D eigenvalue weighted by atomic mass is 10.2. The molecule has 0 spiro atoms. The van der Waals surface area contributed by atoms with Crippen molar-refractivity contribution in [3.05, 3.63) is 30.0 Å². The van der Waals surface area contributed by atoms with Gasteiger partial charge in [-0.15, -0.1) is 12.6 Å². The number of carboxylic acid groups (broad SMARTS) is 1. The zero-order valence-corrected chi connectivity index (χ0v) is 8.45. The van der Waals surface area contributed by atoms with Crippen LogP contribution in [0, 0.1) is 0 Å². The summed E-state index contributed by atoms with van der Waals surface area (Å²) in [4.78, 5) is 11.6. The van der Waals surface area contributed by atoms with Crippen molar-refractivity contribution in [3.8, 4) is 0 Å². The Morgan fingerprint density at radius 2 is 2.21 bits per heavy atom. The first-order chi connectivity index (χ1) is 6.61. The number of aryl methyl sites for hydroxylation is 1. The van der Waals surface area contributed by atoms with Crippen LogP contribution >= 0.6 is 12.6 Å². The number of hydrogen-bond donors (Lipinski definition) is 2. The highest BCUT2D eigenvalue weighted by molar-refractivity contribution is 7.80. The molecule has 0 radical (unpaired) electrons. The second-order valence-electron chi connectivity index (χ2n) is 3.11. The van der Waals surface area contributed by atoms with Crippen molar-refractivity contribution < 1.29 is 9.90 Å². The van der Waals surface area contributed by atoms with Crippen molar-refractivity contribution in [3.63, 3.8) is 0 Å². The number of carboxylic acids is 1. The van der Waals surface area contributed by atoms with Gasteiger partial charge in [-0.25, -0.2) is 4.79 Å². The lowest BCUT2D eigenvalue weighted by Crippen LogP contribution is -2.03. The van der Waals surface area contributed by atoms with E-state index in [1.54, 1.807) is 17.7 Å². The van der Waals surface area contributed by atoms with E-state index in [2.05, 4.69) is 12.6 Å². The quantitative estimate of drug-likeness (QED) is 0.704. The normalized spacial score (nSPS) is 10.7. The number of rotatable bonds is 1. The van der Waals surface area contributed by atoms with E-state index in [-0.39, 0.29) is 5.69 Å². The summed E-state index contributed by atoms with van der Waals surface area (Å²) in [5.41, 5.74) is 1.13. The van der Waals surface area contributed by atoms with Gasteiger partial charge in [-0.2, -0.15) is 0 Å². The van der Waals surface area contributed by atoms with Gasteiger partial charge in [-0.1, -0.05) is 12.1 Å². The zero-order chi connectivity index (χ0) is 10.3. The van der Waals surface area contributed by atoms with Crippen LogP contribution in [0.4, 0.5) is 0 Å². The highest BCUT2D eigenvalue weighted by Gasteiger charge is 2.12. The molecular formula is C10H9NO2S. The Morgan fingerprint density at radius 3 is 2.79 bits per heavy atom. The van der Waals surface area contributed by atoms with Crippen molar-refractivity contribution in [1.82, 2.24) is 4.57 Å². The highest BCUT2D eigenvalue weighted by Crippen LogP contribution is 2.24. The van der Waals surface area contributed by atoms with Gasteiger partial charge in [0.1, 0.15) is 5.69 Å². The average molecular weight is 207 g/mol. The summed E-state index contributed by atoms with van der Waals surface area (Å²) in [5, 5.41) is 9.81. The molecule has 3 nitrogen and oxygen atoms in total. The van der Waals surface area contributed by atoms with E-state index < -0.39 is 5.97 Å². The van der Waals surface area contributed by atoms with E-state index >= 15 is 0 Å². The molecule has 2 aromatic rings. The van der Waals surface area contributed by atoms with Crippen LogP contribution in [0.3, 0.4) is 0 Å². The number of fused-ring (bicyclic) bond motifs is 1. The third-order valence-electron chi connectivity index (χ3n) is 2.25. The van der Waals surface area contributed by atoms with Gasteiger partial charge in [-0.3, -0.25) is 0 Å². The Morgan fingerprint density at radius 1 is 1.50 bits per heavy atom. The van der Waals surface area contributed by atoms with Gasteiger partial charge in [0.25, 0.3) is 0 Å². The largest absolute Gasteiger partial charge is 0.477 e. The fraction of sp³-hybridized carbons (Fsp3) is 0.100. The van der Waals surface area contributed by atoms with Crippen LogP contribution in [0.1, 0.15) is 10.5 Å². The topological polar surface area (TPSA) is 42.2 Å². The number of hydrogen-bond acceptors (Lipinski definition) is 2. The first kappa shape index (κ1) is 9.15. The molecule has 0 unspecified atom stereocenters. The molecule has 0 saturated carbocycles. The molecule has 0 amide bonds. The fourth-order valence-corrected chi connectivity index (χ4v) is 1.97. The summed E-state index contributed by atoms with van der Waals surface area (Å²) in [5.74, 6) is -0.920. The molecular weight excluding hydrogens is 198 g/mol. The van der Waals surface area contributed by atoms with Crippen LogP contribution in [0.25, 0.3) is 10.9 Å². The average Bonchev–Trinajstić information content (AvgIpc) is 2.45. The summed E-state index contributed by atoms with van der Waals surface area (Å²) in [6.07, 6.45) is 0. The molecule has 1 heterocycles. The van der Waals surface area contributed by atoms with Crippen molar-refractivity contribution in [1.29, 1.82) is 0 Å². The molecule has 0 fully saturated rings. The van der Waals surface area contributed by atoms with Crippen LogP contribution < -0.4 is 0 Å². The maximum absolute atomic E-state index is 10.9. The fourth-order valence-electron chi connectivity index (χ4n) is 1.60. The number of carbonyl (C=O) groups is 1. The lowest BCUT2D eigenvalue weighted by molar-refractivity contribution is 0.0687. The SMILES string of the molecule is Cn1c(C(=O)O)cc2cccc(S)c21. The standard InChI is InChI=1S/C10H9NO2S/c1-11-7(10(12)13)5-6-3-2-4-8(14)9(6)11/h2-5,14H,1H3,(H,12,13). The van der Waals surface area contributed by atoms with Crippen molar-refractivity contribution >= 4 is 29.5 Å². The van der Waals surface area contributed by atoms with E-state index in [1.165, 1.54) is 0 Å². The molecule has 1 aromatic carbocycles. The minimum atomic E-state index is -0.920. The molecule has 0 aliphatic carbocycles. The van der Waals surface area contributed by atoms with Crippen LogP contribution in [0.15, 0.2) is 29.2 Å². The molecule has 1 aromatic heterocycles. The van der Waals surface area contributed by atoms with Gasteiger partial charge < -0.3 is 9.67 Å². The third-order valence-corrected chi connectivity index (χ3v) is 2.61. The predicted molar refractivity (Wildman–Crippen MR) is 57.1 cm³/mol. The number of nitrogens with zero attached hydrogens (tertiary/aromatic N) is 1. The van der Waals surface area contributed by atoms with E-state index in [9.17, 15) is 4.79 Å². The minimum absolute atomic E-state index is 0.279. The third kappa shape index (κ3) is 1.19. The number of para-hydroxylation sites is 1. The molecule has 0 bridgehead atoms. The van der Waals surface area contributed by atoms with Crippen molar-refractivity contribution in [2.45, 2.75) is 4.90 Å². The first-order valence-corrected chi connectivity index (χ1v) is 4.56. The van der Waals surface area contributed by atoms with Crippen molar-refractivity contribution in [2.75, 3.05) is 0 Å². The zero-order valence-electron chi connectivity index (χ0n) is 7.56. The second-order valence-corrected chi connectivity index (χ2v) is 3.59. The predicted octanol–water partition coefficient (Wildman–Crippen LogP) is 2.17. The van der Waals surface area contributed by atoms with Gasteiger partial charge >= 0.3 is 5.97 Å². The van der Waals surface area contributed by atoms with Gasteiger partial charge in [0.05, 0.1) is 5.52 Å². The summed E-state index contributed by atoms with van der Waals surface area (Å²) >= 11 is 4.29. The number of benzene rings is 1. The molecule has 1 N–H and O–H groups in total. The maximum atomic E-state index is 10.9. The molecule has 4 heteroatoms. The van der Waals surface area contributed by atoms with E-state index in [0.717, 1.165) is 15.8 Å². The summed E-state index contributed by atoms with van der Waals surface area (Å²) < 4.78 is 1.64. The van der Waals surface area contributed by atoms with Gasteiger partial charge in [0.2, 0.25) is 0 Å². The van der Waals surface area contributed by atoms with Crippen LogP contribution in [0.5, 0.6) is 0 Å². The maximum Gasteiger partial charge on any atom is 0.352 e. The Kier molecular flexibility index (Phi) is 2.00. The number of thiol groups is 1. The van der Waals surface area contributed by atoms with E-state index in [0.29, 0.717) is 0 Å². The molecule has 2 rings (SSSR count). The van der Waals surface area contributed by atoms with E-state index in [1.807, 2.05) is 18.2 Å². The monoisotopic (exact) mass is 207 g/mol. The van der Waals surface area contributed by atoms with Crippen molar-refractivity contribution in [2.24, 2.45) is 7.05 Å². The summed E-state index contributed by atoms with van der Waals surface area (Å²) in [7, 11) is 1.73. The number of aromatic carboxylic acids is 1. The highest BCUT2D eigenvalue weighted by atomic mass is 32.1. The molecule has 0 saturated heterocycles.